The number of carbonyl (C=O) groups is 2. The predicted octanol–water partition coefficient (Wildman–Crippen LogP) is 2.65. The van der Waals surface area contributed by atoms with Gasteiger partial charge in [0.15, 0.2) is 5.78 Å². The molecule has 1 aromatic carbocycles. The largest absolute Gasteiger partial charge is 0.371 e. The molecule has 2 heterocycles. The van der Waals surface area contributed by atoms with Crippen LogP contribution in [0.5, 0.6) is 0 Å². The summed E-state index contributed by atoms with van der Waals surface area (Å²) in [5.41, 5.74) is 4.62. The van der Waals surface area contributed by atoms with E-state index >= 15 is 0 Å². The summed E-state index contributed by atoms with van der Waals surface area (Å²) >= 11 is 0. The highest BCUT2D eigenvalue weighted by atomic mass is 16.2. The molecule has 2 aromatic rings. The summed E-state index contributed by atoms with van der Waals surface area (Å²) in [6.07, 6.45) is 1.07. The summed E-state index contributed by atoms with van der Waals surface area (Å²) in [6, 6.07) is 8.42. The van der Waals surface area contributed by atoms with Crippen molar-refractivity contribution >= 4 is 17.4 Å². The molecule has 6 nitrogen and oxygen atoms in total. The molecule has 1 N–H and O–H groups in total. The lowest BCUT2D eigenvalue weighted by Gasteiger charge is -2.21. The number of benzene rings is 1. The molecule has 1 aliphatic heterocycles. The van der Waals surface area contributed by atoms with Gasteiger partial charge in [-0.25, -0.2) is 0 Å². The van der Waals surface area contributed by atoms with Crippen LogP contribution in [0.25, 0.3) is 0 Å². The molecule has 0 bridgehead atoms. The standard InChI is InChI=1S/C21H28N4O2/c1-14-7-5-6-8-19(14)24-10-9-18(12-24)11-22-20(27)13-25-16(3)21(17(4)26)15(2)23-25/h5-8,18H,9-13H2,1-4H3,(H,22,27)/t18-/m1/s1. The van der Waals surface area contributed by atoms with Gasteiger partial charge in [0.2, 0.25) is 5.91 Å². The summed E-state index contributed by atoms with van der Waals surface area (Å²) in [6.45, 7) is 10.1. The maximum absolute atomic E-state index is 12.3. The lowest BCUT2D eigenvalue weighted by molar-refractivity contribution is -0.122. The van der Waals surface area contributed by atoms with Gasteiger partial charge in [0.25, 0.3) is 0 Å². The number of anilines is 1. The number of nitrogens with zero attached hydrogens (tertiary/aromatic N) is 3. The second-order valence-electron chi connectivity index (χ2n) is 7.45. The highest BCUT2D eigenvalue weighted by molar-refractivity contribution is 5.96. The first-order valence-electron chi connectivity index (χ1n) is 9.49. The van der Waals surface area contributed by atoms with Gasteiger partial charge in [-0.05, 0) is 51.7 Å². The van der Waals surface area contributed by atoms with Crippen molar-refractivity contribution in [3.8, 4) is 0 Å². The molecular formula is C21H28N4O2. The number of ketones is 1. The van der Waals surface area contributed by atoms with Crippen molar-refractivity contribution in [2.24, 2.45) is 5.92 Å². The lowest BCUT2D eigenvalue weighted by atomic mass is 10.1. The third-order valence-electron chi connectivity index (χ3n) is 5.36. The molecule has 1 amide bonds. The molecule has 1 aromatic heterocycles. The number of nitrogens with one attached hydrogen (secondary N) is 1. The van der Waals surface area contributed by atoms with E-state index in [1.54, 1.807) is 11.6 Å². The number of Topliss-reactive ketones (excluding diaryl/α,β-unsaturated/α-hetero) is 1. The van der Waals surface area contributed by atoms with Gasteiger partial charge in [-0.3, -0.25) is 14.3 Å². The van der Waals surface area contributed by atoms with Crippen molar-refractivity contribution in [1.29, 1.82) is 0 Å². The fourth-order valence-corrected chi connectivity index (χ4v) is 3.95. The van der Waals surface area contributed by atoms with Crippen molar-refractivity contribution in [2.45, 2.75) is 40.7 Å². The molecule has 0 saturated carbocycles. The van der Waals surface area contributed by atoms with Crippen molar-refractivity contribution in [3.05, 3.63) is 46.8 Å². The van der Waals surface area contributed by atoms with Crippen LogP contribution in [0.1, 0.15) is 40.7 Å². The Bertz CT molecular complexity index is 856. The maximum atomic E-state index is 12.3. The molecular weight excluding hydrogens is 340 g/mol. The van der Waals surface area contributed by atoms with Crippen LogP contribution in [0.15, 0.2) is 24.3 Å². The summed E-state index contributed by atoms with van der Waals surface area (Å²) in [7, 11) is 0. The van der Waals surface area contributed by atoms with E-state index < -0.39 is 0 Å². The van der Waals surface area contributed by atoms with Crippen LogP contribution >= 0.6 is 0 Å². The minimum atomic E-state index is -0.0648. The van der Waals surface area contributed by atoms with E-state index in [-0.39, 0.29) is 18.2 Å². The molecule has 1 saturated heterocycles. The summed E-state index contributed by atoms with van der Waals surface area (Å²) < 4.78 is 1.62. The van der Waals surface area contributed by atoms with Crippen LogP contribution in [0.4, 0.5) is 5.69 Å². The fourth-order valence-electron chi connectivity index (χ4n) is 3.95. The van der Waals surface area contributed by atoms with Gasteiger partial charge < -0.3 is 10.2 Å². The predicted molar refractivity (Wildman–Crippen MR) is 106 cm³/mol. The SMILES string of the molecule is CC(=O)c1c(C)nn(CC(=O)NC[C@H]2CCN(c3ccccc3C)C2)c1C. The monoisotopic (exact) mass is 368 g/mol. The van der Waals surface area contributed by atoms with E-state index in [0.717, 1.165) is 25.2 Å². The van der Waals surface area contributed by atoms with Gasteiger partial charge in [0.05, 0.1) is 11.3 Å². The van der Waals surface area contributed by atoms with Crippen molar-refractivity contribution in [1.82, 2.24) is 15.1 Å². The Morgan fingerprint density at radius 3 is 2.63 bits per heavy atom. The van der Waals surface area contributed by atoms with Crippen molar-refractivity contribution in [3.63, 3.8) is 0 Å². The number of aryl methyl sites for hydroxylation is 2. The van der Waals surface area contributed by atoms with Gasteiger partial charge in [0, 0.05) is 31.0 Å². The smallest absolute Gasteiger partial charge is 0.241 e. The average Bonchev–Trinajstić information content (AvgIpc) is 3.18. The molecule has 0 unspecified atom stereocenters. The molecule has 144 valence electrons. The van der Waals surface area contributed by atoms with Gasteiger partial charge >= 0.3 is 0 Å². The second kappa shape index (κ2) is 7.94. The molecule has 0 aliphatic carbocycles. The van der Waals surface area contributed by atoms with Crippen LogP contribution in [-0.4, -0.2) is 41.1 Å². The van der Waals surface area contributed by atoms with Crippen LogP contribution in [0, 0.1) is 26.7 Å². The Labute approximate surface area is 160 Å². The van der Waals surface area contributed by atoms with E-state index in [1.807, 2.05) is 6.92 Å². The Kier molecular flexibility index (Phi) is 5.63. The molecule has 1 fully saturated rings. The second-order valence-corrected chi connectivity index (χ2v) is 7.45. The van der Waals surface area contributed by atoms with Crippen LogP contribution in [-0.2, 0) is 11.3 Å². The molecule has 1 aliphatic rings. The first kappa shape index (κ1) is 19.1. The third-order valence-corrected chi connectivity index (χ3v) is 5.36. The third kappa shape index (κ3) is 4.21. The molecule has 6 heteroatoms. The molecule has 1 atom stereocenters. The minimum Gasteiger partial charge on any atom is -0.371 e. The summed E-state index contributed by atoms with van der Waals surface area (Å²) in [5, 5.41) is 7.37. The zero-order valence-electron chi connectivity index (χ0n) is 16.6. The Balaban J connectivity index is 1.53. The van der Waals surface area contributed by atoms with Crippen LogP contribution in [0.2, 0.25) is 0 Å². The van der Waals surface area contributed by atoms with Crippen LogP contribution in [0.3, 0.4) is 0 Å². The van der Waals surface area contributed by atoms with E-state index in [1.165, 1.54) is 18.2 Å². The Morgan fingerprint density at radius 2 is 1.96 bits per heavy atom. The highest BCUT2D eigenvalue weighted by Gasteiger charge is 2.24. The normalized spacial score (nSPS) is 16.6. The number of carbonyl (C=O) groups excluding carboxylic acids is 2. The van der Waals surface area contributed by atoms with Gasteiger partial charge in [-0.1, -0.05) is 18.2 Å². The Hall–Kier alpha value is -2.63. The van der Waals surface area contributed by atoms with E-state index in [4.69, 9.17) is 0 Å². The summed E-state index contributed by atoms with van der Waals surface area (Å²) in [4.78, 5) is 26.4. The van der Waals surface area contributed by atoms with Gasteiger partial charge in [0.1, 0.15) is 6.54 Å². The molecule has 27 heavy (non-hydrogen) atoms. The first-order chi connectivity index (χ1) is 12.9. The molecule has 3 rings (SSSR count). The zero-order valence-corrected chi connectivity index (χ0v) is 16.6. The van der Waals surface area contributed by atoms with E-state index in [2.05, 4.69) is 46.5 Å². The number of aromatic nitrogens is 2. The van der Waals surface area contributed by atoms with Crippen molar-refractivity contribution in [2.75, 3.05) is 24.5 Å². The van der Waals surface area contributed by atoms with Crippen LogP contribution < -0.4 is 10.2 Å². The number of hydrogen-bond donors (Lipinski definition) is 1. The topological polar surface area (TPSA) is 67.2 Å². The van der Waals surface area contributed by atoms with Crippen molar-refractivity contribution < 1.29 is 9.59 Å². The Morgan fingerprint density at radius 1 is 1.22 bits per heavy atom. The lowest BCUT2D eigenvalue weighted by Crippen LogP contribution is -2.33. The van der Waals surface area contributed by atoms with Gasteiger partial charge in [-0.2, -0.15) is 5.10 Å². The maximum Gasteiger partial charge on any atom is 0.241 e. The minimum absolute atomic E-state index is 0.0149. The average molecular weight is 368 g/mol. The van der Waals surface area contributed by atoms with E-state index in [0.29, 0.717) is 23.7 Å². The molecule has 0 radical (unpaired) electrons. The number of hydrogen-bond acceptors (Lipinski definition) is 4. The number of para-hydroxylation sites is 1. The molecule has 0 spiro atoms. The summed E-state index contributed by atoms with van der Waals surface area (Å²) in [5.74, 6) is 0.366. The van der Waals surface area contributed by atoms with E-state index in [9.17, 15) is 9.59 Å². The number of amides is 1. The quantitative estimate of drug-likeness (QED) is 0.796. The first-order valence-corrected chi connectivity index (χ1v) is 9.49. The van der Waals surface area contributed by atoms with Gasteiger partial charge in [-0.15, -0.1) is 0 Å². The highest BCUT2D eigenvalue weighted by Crippen LogP contribution is 2.26. The number of rotatable bonds is 6. The fraction of sp³-hybridized carbons (Fsp3) is 0.476. The zero-order chi connectivity index (χ0) is 19.6.